The molecular formula is C16H18FN3O. The predicted octanol–water partition coefficient (Wildman–Crippen LogP) is 2.80. The fourth-order valence-corrected chi connectivity index (χ4v) is 2.40. The van der Waals surface area contributed by atoms with Crippen molar-refractivity contribution in [3.05, 3.63) is 47.5 Å². The lowest BCUT2D eigenvalue weighted by atomic mass is 10.2. The maximum Gasteiger partial charge on any atom is 0.257 e. The molecule has 1 aromatic carbocycles. The van der Waals surface area contributed by atoms with Crippen LogP contribution in [0.5, 0.6) is 0 Å². The summed E-state index contributed by atoms with van der Waals surface area (Å²) < 4.78 is 14.8. The van der Waals surface area contributed by atoms with Crippen LogP contribution in [0.2, 0.25) is 0 Å². The second kappa shape index (κ2) is 5.31. The van der Waals surface area contributed by atoms with Gasteiger partial charge in [0.25, 0.3) is 5.91 Å². The van der Waals surface area contributed by atoms with Crippen molar-refractivity contribution in [3.63, 3.8) is 0 Å². The zero-order chi connectivity index (χ0) is 15.0. The summed E-state index contributed by atoms with van der Waals surface area (Å²) in [5.74, 6) is 0.305. The highest BCUT2D eigenvalue weighted by atomic mass is 19.1. The molecule has 0 unspecified atom stereocenters. The van der Waals surface area contributed by atoms with Crippen molar-refractivity contribution in [2.75, 3.05) is 13.6 Å². The van der Waals surface area contributed by atoms with E-state index in [2.05, 4.69) is 5.10 Å². The van der Waals surface area contributed by atoms with Gasteiger partial charge in [0.15, 0.2) is 0 Å². The minimum Gasteiger partial charge on any atom is -0.341 e. The van der Waals surface area contributed by atoms with E-state index < -0.39 is 0 Å². The molecule has 3 rings (SSSR count). The van der Waals surface area contributed by atoms with Gasteiger partial charge in [0, 0.05) is 19.8 Å². The zero-order valence-corrected chi connectivity index (χ0v) is 12.2. The topological polar surface area (TPSA) is 38.1 Å². The number of aromatic nitrogens is 2. The Morgan fingerprint density at radius 3 is 2.90 bits per heavy atom. The van der Waals surface area contributed by atoms with Gasteiger partial charge in [-0.05, 0) is 43.9 Å². The highest BCUT2D eigenvalue weighted by molar-refractivity contribution is 5.95. The van der Waals surface area contributed by atoms with Gasteiger partial charge >= 0.3 is 0 Å². The van der Waals surface area contributed by atoms with Crippen LogP contribution in [0.15, 0.2) is 30.5 Å². The highest BCUT2D eigenvalue weighted by Crippen LogP contribution is 2.29. The van der Waals surface area contributed by atoms with Gasteiger partial charge in [0.2, 0.25) is 0 Å². The second-order valence-corrected chi connectivity index (χ2v) is 5.68. The summed E-state index contributed by atoms with van der Waals surface area (Å²) in [5.41, 5.74) is 1.84. The fraction of sp³-hybridized carbons (Fsp3) is 0.375. The molecule has 0 N–H and O–H groups in total. The first-order valence-corrected chi connectivity index (χ1v) is 7.12. The van der Waals surface area contributed by atoms with Crippen molar-refractivity contribution < 1.29 is 9.18 Å². The lowest BCUT2D eigenvalue weighted by Gasteiger charge is -2.15. The average Bonchev–Trinajstić information content (AvgIpc) is 3.18. The molecule has 1 saturated carbocycles. The van der Waals surface area contributed by atoms with E-state index in [1.807, 2.05) is 7.05 Å². The van der Waals surface area contributed by atoms with Crippen molar-refractivity contribution >= 4 is 5.91 Å². The van der Waals surface area contributed by atoms with Gasteiger partial charge in [-0.3, -0.25) is 4.79 Å². The summed E-state index contributed by atoms with van der Waals surface area (Å²) >= 11 is 0. The summed E-state index contributed by atoms with van der Waals surface area (Å²) in [6.07, 6.45) is 4.09. The van der Waals surface area contributed by atoms with Gasteiger partial charge in [0.05, 0.1) is 16.9 Å². The van der Waals surface area contributed by atoms with E-state index in [1.54, 1.807) is 34.8 Å². The summed E-state index contributed by atoms with van der Waals surface area (Å²) in [6, 6.07) is 6.17. The second-order valence-electron chi connectivity index (χ2n) is 5.68. The Hall–Kier alpha value is -2.17. The highest BCUT2D eigenvalue weighted by Gasteiger charge is 2.26. The van der Waals surface area contributed by atoms with Crippen molar-refractivity contribution in [2.24, 2.45) is 5.92 Å². The van der Waals surface area contributed by atoms with Gasteiger partial charge in [-0.1, -0.05) is 6.07 Å². The van der Waals surface area contributed by atoms with E-state index in [1.165, 1.54) is 25.0 Å². The normalized spacial score (nSPS) is 14.2. The molecule has 5 heteroatoms. The molecular weight excluding hydrogens is 269 g/mol. The molecule has 0 spiro atoms. The van der Waals surface area contributed by atoms with Crippen LogP contribution in [0.4, 0.5) is 4.39 Å². The Kier molecular flexibility index (Phi) is 3.49. The molecule has 110 valence electrons. The first kappa shape index (κ1) is 13.8. The Morgan fingerprint density at radius 1 is 1.48 bits per heavy atom. The third-order valence-corrected chi connectivity index (χ3v) is 3.78. The van der Waals surface area contributed by atoms with Crippen LogP contribution in [-0.2, 0) is 0 Å². The van der Waals surface area contributed by atoms with Crippen LogP contribution in [0.25, 0.3) is 5.69 Å². The zero-order valence-electron chi connectivity index (χ0n) is 12.2. The number of rotatable bonds is 4. The number of benzene rings is 1. The third-order valence-electron chi connectivity index (χ3n) is 3.78. The first-order chi connectivity index (χ1) is 10.0. The predicted molar refractivity (Wildman–Crippen MR) is 77.9 cm³/mol. The van der Waals surface area contributed by atoms with Crippen LogP contribution < -0.4 is 0 Å². The Morgan fingerprint density at radius 2 is 2.24 bits per heavy atom. The molecule has 1 amide bonds. The lowest BCUT2D eigenvalue weighted by Crippen LogP contribution is -2.28. The van der Waals surface area contributed by atoms with Crippen molar-refractivity contribution in [3.8, 4) is 5.69 Å². The number of carbonyl (C=O) groups is 1. The molecule has 1 heterocycles. The number of aryl methyl sites for hydroxylation is 1. The Bertz CT molecular complexity index is 676. The molecule has 0 radical (unpaired) electrons. The van der Waals surface area contributed by atoms with Crippen molar-refractivity contribution in [2.45, 2.75) is 19.8 Å². The van der Waals surface area contributed by atoms with Crippen LogP contribution in [-0.4, -0.2) is 34.2 Å². The van der Waals surface area contributed by atoms with Crippen molar-refractivity contribution in [1.29, 1.82) is 0 Å². The number of carbonyl (C=O) groups excluding carboxylic acids is 1. The van der Waals surface area contributed by atoms with Crippen molar-refractivity contribution in [1.82, 2.24) is 14.7 Å². The molecule has 0 aliphatic heterocycles. The maximum atomic E-state index is 13.3. The summed E-state index contributed by atoms with van der Waals surface area (Å²) in [6.45, 7) is 2.59. The number of nitrogens with zero attached hydrogens (tertiary/aromatic N) is 3. The Balaban J connectivity index is 1.85. The van der Waals surface area contributed by atoms with Gasteiger partial charge < -0.3 is 4.90 Å². The van der Waals surface area contributed by atoms with Gasteiger partial charge in [-0.15, -0.1) is 0 Å². The van der Waals surface area contributed by atoms with Crippen LogP contribution >= 0.6 is 0 Å². The van der Waals surface area contributed by atoms with E-state index in [-0.39, 0.29) is 11.7 Å². The SMILES string of the molecule is Cc1nn(-c2cccc(F)c2)cc1C(=O)N(C)CC1CC1. The van der Waals surface area contributed by atoms with Crippen LogP contribution in [0.1, 0.15) is 28.9 Å². The van der Waals surface area contributed by atoms with E-state index in [4.69, 9.17) is 0 Å². The molecule has 1 aliphatic carbocycles. The summed E-state index contributed by atoms with van der Waals surface area (Å²) in [5, 5.41) is 4.32. The number of hydrogen-bond donors (Lipinski definition) is 0. The fourth-order valence-electron chi connectivity index (χ4n) is 2.40. The minimum atomic E-state index is -0.320. The number of hydrogen-bond acceptors (Lipinski definition) is 2. The van der Waals surface area contributed by atoms with Gasteiger partial charge in [0.1, 0.15) is 5.82 Å². The molecule has 0 atom stereocenters. The van der Waals surface area contributed by atoms with Crippen LogP contribution in [0, 0.1) is 18.7 Å². The van der Waals surface area contributed by atoms with E-state index in [9.17, 15) is 9.18 Å². The molecule has 1 aromatic heterocycles. The minimum absolute atomic E-state index is 0.0259. The van der Waals surface area contributed by atoms with Crippen LogP contribution in [0.3, 0.4) is 0 Å². The smallest absolute Gasteiger partial charge is 0.257 e. The quantitative estimate of drug-likeness (QED) is 0.867. The van der Waals surface area contributed by atoms with E-state index in [0.717, 1.165) is 6.54 Å². The van der Waals surface area contributed by atoms with E-state index in [0.29, 0.717) is 22.9 Å². The van der Waals surface area contributed by atoms with Gasteiger partial charge in [-0.25, -0.2) is 9.07 Å². The number of amides is 1. The molecule has 0 saturated heterocycles. The van der Waals surface area contributed by atoms with E-state index >= 15 is 0 Å². The average molecular weight is 287 g/mol. The molecule has 0 bridgehead atoms. The maximum absolute atomic E-state index is 13.3. The Labute approximate surface area is 123 Å². The molecule has 2 aromatic rings. The first-order valence-electron chi connectivity index (χ1n) is 7.12. The largest absolute Gasteiger partial charge is 0.341 e. The van der Waals surface area contributed by atoms with Gasteiger partial charge in [-0.2, -0.15) is 5.10 Å². The standard InChI is InChI=1S/C16H18FN3O/c1-11-15(16(21)19(2)9-12-6-7-12)10-20(18-11)14-5-3-4-13(17)8-14/h3-5,8,10,12H,6-7,9H2,1-2H3. The molecule has 4 nitrogen and oxygen atoms in total. The molecule has 1 aliphatic rings. The number of halogens is 1. The molecule has 21 heavy (non-hydrogen) atoms. The third kappa shape index (κ3) is 2.96. The summed E-state index contributed by atoms with van der Waals surface area (Å²) in [7, 11) is 1.82. The summed E-state index contributed by atoms with van der Waals surface area (Å²) in [4.78, 5) is 14.2. The molecule has 1 fully saturated rings. The monoisotopic (exact) mass is 287 g/mol. The lowest BCUT2D eigenvalue weighted by molar-refractivity contribution is 0.0788.